The third-order valence-electron chi connectivity index (χ3n) is 2.25. The summed E-state index contributed by atoms with van der Waals surface area (Å²) in [4.78, 5) is 3.87. The monoisotopic (exact) mass is 301 g/mol. The topological polar surface area (TPSA) is 12.9 Å². The van der Waals surface area contributed by atoms with Gasteiger partial charge in [0.2, 0.25) is 0 Å². The van der Waals surface area contributed by atoms with Gasteiger partial charge in [0.05, 0.1) is 5.56 Å². The summed E-state index contributed by atoms with van der Waals surface area (Å²) < 4.78 is 39.1. The molecule has 1 heterocycles. The van der Waals surface area contributed by atoms with Gasteiger partial charge in [-0.05, 0) is 33.6 Å². The number of hydrogen-bond donors (Lipinski definition) is 0. The van der Waals surface area contributed by atoms with Crippen molar-refractivity contribution in [2.75, 3.05) is 0 Å². The summed E-state index contributed by atoms with van der Waals surface area (Å²) in [5, 5.41) is 0. The van der Waals surface area contributed by atoms with Gasteiger partial charge < -0.3 is 0 Å². The zero-order valence-electron chi connectivity index (χ0n) is 8.50. The molecule has 17 heavy (non-hydrogen) atoms. The fourth-order valence-electron chi connectivity index (χ4n) is 1.54. The van der Waals surface area contributed by atoms with E-state index in [0.717, 1.165) is 6.07 Å². The van der Waals surface area contributed by atoms with E-state index in [-0.39, 0.29) is 5.56 Å². The van der Waals surface area contributed by atoms with Crippen molar-refractivity contribution in [1.29, 1.82) is 0 Å². The van der Waals surface area contributed by atoms with E-state index in [1.165, 1.54) is 24.5 Å². The molecule has 0 radical (unpaired) electrons. The molecule has 88 valence electrons. The Bertz CT molecular complexity index is 537. The van der Waals surface area contributed by atoms with Crippen LogP contribution in [0.15, 0.2) is 47.2 Å². The molecule has 0 saturated heterocycles. The molecule has 0 unspecified atom stereocenters. The molecule has 1 aromatic heterocycles. The van der Waals surface area contributed by atoms with E-state index >= 15 is 0 Å². The van der Waals surface area contributed by atoms with Crippen LogP contribution in [0.25, 0.3) is 11.1 Å². The minimum absolute atomic E-state index is 0.133. The van der Waals surface area contributed by atoms with E-state index in [1.54, 1.807) is 12.1 Å². The van der Waals surface area contributed by atoms with E-state index < -0.39 is 11.7 Å². The molecule has 2 aromatic rings. The molecule has 0 atom stereocenters. The second kappa shape index (κ2) is 4.49. The highest BCUT2D eigenvalue weighted by atomic mass is 79.9. The van der Waals surface area contributed by atoms with E-state index in [0.29, 0.717) is 10.0 Å². The van der Waals surface area contributed by atoms with Crippen molar-refractivity contribution >= 4 is 15.9 Å². The van der Waals surface area contributed by atoms with Gasteiger partial charge in [0.25, 0.3) is 0 Å². The third-order valence-corrected chi connectivity index (χ3v) is 2.68. The normalized spacial score (nSPS) is 11.5. The summed E-state index contributed by atoms with van der Waals surface area (Å²) in [6.45, 7) is 0. The number of pyridine rings is 1. The van der Waals surface area contributed by atoms with Crippen molar-refractivity contribution in [3.05, 3.63) is 52.8 Å². The quantitative estimate of drug-likeness (QED) is 0.754. The lowest BCUT2D eigenvalue weighted by atomic mass is 10.0. The molecular weight excluding hydrogens is 295 g/mol. The standard InChI is InChI=1S/C12H7BrF3N/c13-9-5-8(6-17-7-9)10-3-1-2-4-11(10)12(14,15)16/h1-7H. The zero-order chi connectivity index (χ0) is 12.5. The van der Waals surface area contributed by atoms with E-state index in [4.69, 9.17) is 0 Å². The average Bonchev–Trinajstić information content (AvgIpc) is 2.28. The van der Waals surface area contributed by atoms with Gasteiger partial charge in [-0.2, -0.15) is 13.2 Å². The lowest BCUT2D eigenvalue weighted by molar-refractivity contribution is -0.137. The smallest absolute Gasteiger partial charge is 0.263 e. The van der Waals surface area contributed by atoms with Gasteiger partial charge >= 0.3 is 6.18 Å². The van der Waals surface area contributed by atoms with Crippen molar-refractivity contribution in [1.82, 2.24) is 4.98 Å². The van der Waals surface area contributed by atoms with Crippen molar-refractivity contribution in [3.63, 3.8) is 0 Å². The third kappa shape index (κ3) is 2.66. The summed E-state index contributed by atoms with van der Waals surface area (Å²) in [7, 11) is 0. The van der Waals surface area contributed by atoms with E-state index in [9.17, 15) is 13.2 Å². The van der Waals surface area contributed by atoms with E-state index in [2.05, 4.69) is 20.9 Å². The first kappa shape index (κ1) is 12.1. The predicted molar refractivity (Wildman–Crippen MR) is 62.4 cm³/mol. The predicted octanol–water partition coefficient (Wildman–Crippen LogP) is 4.53. The van der Waals surface area contributed by atoms with Crippen molar-refractivity contribution in [3.8, 4) is 11.1 Å². The molecule has 1 aromatic carbocycles. The highest BCUT2D eigenvalue weighted by Gasteiger charge is 2.33. The Kier molecular flexibility index (Phi) is 3.19. The maximum Gasteiger partial charge on any atom is 0.417 e. The molecule has 1 nitrogen and oxygen atoms in total. The largest absolute Gasteiger partial charge is 0.417 e. The van der Waals surface area contributed by atoms with Crippen LogP contribution in [0, 0.1) is 0 Å². The Hall–Kier alpha value is -1.36. The van der Waals surface area contributed by atoms with Crippen LogP contribution in [0.3, 0.4) is 0 Å². The second-order valence-electron chi connectivity index (χ2n) is 3.44. The van der Waals surface area contributed by atoms with Gasteiger partial charge in [0.15, 0.2) is 0 Å². The number of halogens is 4. The SMILES string of the molecule is FC(F)(F)c1ccccc1-c1cncc(Br)c1. The number of nitrogens with zero attached hydrogens (tertiary/aromatic N) is 1. The van der Waals surface area contributed by atoms with Crippen molar-refractivity contribution in [2.45, 2.75) is 6.18 Å². The number of hydrogen-bond acceptors (Lipinski definition) is 1. The van der Waals surface area contributed by atoms with Crippen molar-refractivity contribution in [2.24, 2.45) is 0 Å². The zero-order valence-corrected chi connectivity index (χ0v) is 10.1. The molecule has 0 saturated carbocycles. The number of aromatic nitrogens is 1. The van der Waals surface area contributed by atoms with Gasteiger partial charge in [0.1, 0.15) is 0 Å². The first-order valence-corrected chi connectivity index (χ1v) is 5.55. The molecule has 0 aliphatic rings. The van der Waals surface area contributed by atoms with Gasteiger partial charge in [-0.1, -0.05) is 18.2 Å². The maximum atomic E-state index is 12.8. The van der Waals surface area contributed by atoms with Crippen LogP contribution in [-0.4, -0.2) is 4.98 Å². The first-order chi connectivity index (χ1) is 7.98. The number of alkyl halides is 3. The van der Waals surface area contributed by atoms with Gasteiger partial charge in [-0.3, -0.25) is 4.98 Å². The Labute approximate surface area is 104 Å². The van der Waals surface area contributed by atoms with E-state index in [1.807, 2.05) is 0 Å². The van der Waals surface area contributed by atoms with Crippen LogP contribution < -0.4 is 0 Å². The lowest BCUT2D eigenvalue weighted by Crippen LogP contribution is -2.06. The van der Waals surface area contributed by atoms with Crippen molar-refractivity contribution < 1.29 is 13.2 Å². The first-order valence-electron chi connectivity index (χ1n) is 4.75. The van der Waals surface area contributed by atoms with Gasteiger partial charge in [-0.25, -0.2) is 0 Å². The molecule has 2 rings (SSSR count). The van der Waals surface area contributed by atoms with Gasteiger partial charge in [-0.15, -0.1) is 0 Å². The second-order valence-corrected chi connectivity index (χ2v) is 4.35. The average molecular weight is 302 g/mol. The lowest BCUT2D eigenvalue weighted by Gasteiger charge is -2.12. The molecule has 0 aliphatic heterocycles. The number of rotatable bonds is 1. The molecule has 5 heteroatoms. The fraction of sp³-hybridized carbons (Fsp3) is 0.0833. The Morgan fingerprint density at radius 1 is 1.06 bits per heavy atom. The van der Waals surface area contributed by atoms with Crippen LogP contribution >= 0.6 is 15.9 Å². The molecular formula is C12H7BrF3N. The molecule has 0 spiro atoms. The Balaban J connectivity index is 2.60. The van der Waals surface area contributed by atoms with Crippen LogP contribution in [0.1, 0.15) is 5.56 Å². The number of benzene rings is 1. The highest BCUT2D eigenvalue weighted by molar-refractivity contribution is 9.10. The summed E-state index contributed by atoms with van der Waals surface area (Å²) in [6, 6.07) is 7.06. The molecule has 0 bridgehead atoms. The summed E-state index contributed by atoms with van der Waals surface area (Å²) in [5.41, 5.74) is -0.0824. The minimum Gasteiger partial charge on any atom is -0.263 e. The fourth-order valence-corrected chi connectivity index (χ4v) is 1.91. The summed E-state index contributed by atoms with van der Waals surface area (Å²) in [5.74, 6) is 0. The molecule has 0 fully saturated rings. The Morgan fingerprint density at radius 3 is 2.41 bits per heavy atom. The van der Waals surface area contributed by atoms with Crippen LogP contribution in [0.5, 0.6) is 0 Å². The van der Waals surface area contributed by atoms with Gasteiger partial charge in [0, 0.05) is 22.4 Å². The van der Waals surface area contributed by atoms with Crippen LogP contribution in [-0.2, 0) is 6.18 Å². The maximum absolute atomic E-state index is 12.8. The minimum atomic E-state index is -4.36. The Morgan fingerprint density at radius 2 is 1.76 bits per heavy atom. The molecule has 0 amide bonds. The summed E-state index contributed by atoms with van der Waals surface area (Å²) in [6.07, 6.45) is -1.42. The van der Waals surface area contributed by atoms with Crippen LogP contribution in [0.2, 0.25) is 0 Å². The highest BCUT2D eigenvalue weighted by Crippen LogP contribution is 2.37. The molecule has 0 aliphatic carbocycles. The summed E-state index contributed by atoms with van der Waals surface area (Å²) >= 11 is 3.19. The van der Waals surface area contributed by atoms with Crippen LogP contribution in [0.4, 0.5) is 13.2 Å². The molecule has 0 N–H and O–H groups in total.